The highest BCUT2D eigenvalue weighted by Gasteiger charge is 2.29. The van der Waals surface area contributed by atoms with E-state index in [0.717, 1.165) is 39.0 Å². The molecule has 2 aliphatic rings. The van der Waals surface area contributed by atoms with Crippen LogP contribution in [0.5, 0.6) is 0 Å². The number of carbonyl (C=O) groups excluding carboxylic acids is 1. The Balaban J connectivity index is 1.88. The highest BCUT2D eigenvalue weighted by Crippen LogP contribution is 2.22. The molecule has 0 radical (unpaired) electrons. The zero-order chi connectivity index (χ0) is 11.4. The van der Waals surface area contributed by atoms with E-state index in [-0.39, 0.29) is 18.6 Å². The predicted molar refractivity (Wildman–Crippen MR) is 60.2 cm³/mol. The van der Waals surface area contributed by atoms with Crippen molar-refractivity contribution in [1.82, 2.24) is 4.90 Å². The van der Waals surface area contributed by atoms with Gasteiger partial charge in [0.25, 0.3) is 0 Å². The minimum absolute atomic E-state index is 0.0866. The van der Waals surface area contributed by atoms with Crippen LogP contribution in [0.1, 0.15) is 25.7 Å². The van der Waals surface area contributed by atoms with Crippen molar-refractivity contribution in [3.63, 3.8) is 0 Å². The SMILES string of the molecule is O=C1CCCCC1CN1CCOCC1CO. The lowest BCUT2D eigenvalue weighted by molar-refractivity contribution is -0.126. The Morgan fingerprint density at radius 2 is 2.31 bits per heavy atom. The van der Waals surface area contributed by atoms with Crippen LogP contribution in [0.15, 0.2) is 0 Å². The number of nitrogens with zero attached hydrogens (tertiary/aromatic N) is 1. The molecule has 2 unspecified atom stereocenters. The van der Waals surface area contributed by atoms with Gasteiger partial charge >= 0.3 is 0 Å². The van der Waals surface area contributed by atoms with Gasteiger partial charge in [0, 0.05) is 25.4 Å². The van der Waals surface area contributed by atoms with Crippen LogP contribution < -0.4 is 0 Å². The van der Waals surface area contributed by atoms with Gasteiger partial charge in [-0.05, 0) is 12.8 Å². The number of aliphatic hydroxyl groups is 1. The summed E-state index contributed by atoms with van der Waals surface area (Å²) in [5.74, 6) is 0.607. The number of hydrogen-bond acceptors (Lipinski definition) is 4. The van der Waals surface area contributed by atoms with Crippen LogP contribution in [0, 0.1) is 5.92 Å². The number of ketones is 1. The average molecular weight is 227 g/mol. The Bertz CT molecular complexity index is 244. The van der Waals surface area contributed by atoms with Gasteiger partial charge in [0.2, 0.25) is 0 Å². The summed E-state index contributed by atoms with van der Waals surface area (Å²) in [4.78, 5) is 14.0. The van der Waals surface area contributed by atoms with Crippen LogP contribution in [0.3, 0.4) is 0 Å². The maximum absolute atomic E-state index is 11.7. The Labute approximate surface area is 96.6 Å². The molecule has 0 aromatic rings. The number of aliphatic hydroxyl groups excluding tert-OH is 1. The standard InChI is InChI=1S/C12H21NO3/c14-8-11-9-16-6-5-13(11)7-10-3-1-2-4-12(10)15/h10-11,14H,1-9H2. The van der Waals surface area contributed by atoms with Gasteiger partial charge in [-0.25, -0.2) is 0 Å². The van der Waals surface area contributed by atoms with E-state index < -0.39 is 0 Å². The van der Waals surface area contributed by atoms with Crippen molar-refractivity contribution in [2.45, 2.75) is 31.7 Å². The second-order valence-corrected chi connectivity index (χ2v) is 4.82. The molecule has 1 saturated carbocycles. The van der Waals surface area contributed by atoms with Gasteiger partial charge in [-0.3, -0.25) is 9.69 Å². The highest BCUT2D eigenvalue weighted by molar-refractivity contribution is 5.81. The van der Waals surface area contributed by atoms with Gasteiger partial charge in [-0.1, -0.05) is 6.42 Å². The molecule has 92 valence electrons. The Morgan fingerprint density at radius 3 is 3.06 bits per heavy atom. The van der Waals surface area contributed by atoms with E-state index in [0.29, 0.717) is 12.4 Å². The van der Waals surface area contributed by atoms with Crippen LogP contribution in [-0.4, -0.2) is 54.7 Å². The first-order chi connectivity index (χ1) is 7.81. The summed E-state index contributed by atoms with van der Waals surface area (Å²) in [5, 5.41) is 9.25. The van der Waals surface area contributed by atoms with E-state index in [1.54, 1.807) is 0 Å². The average Bonchev–Trinajstić information content (AvgIpc) is 2.33. The van der Waals surface area contributed by atoms with E-state index in [1.807, 2.05) is 0 Å². The first kappa shape index (κ1) is 12.0. The van der Waals surface area contributed by atoms with E-state index in [9.17, 15) is 9.90 Å². The van der Waals surface area contributed by atoms with Gasteiger partial charge in [-0.15, -0.1) is 0 Å². The van der Waals surface area contributed by atoms with E-state index in [4.69, 9.17) is 4.74 Å². The molecule has 16 heavy (non-hydrogen) atoms. The lowest BCUT2D eigenvalue weighted by atomic mass is 9.87. The number of Topliss-reactive ketones (excluding diaryl/α,β-unsaturated/α-hetero) is 1. The topological polar surface area (TPSA) is 49.8 Å². The van der Waals surface area contributed by atoms with E-state index >= 15 is 0 Å². The van der Waals surface area contributed by atoms with Crippen molar-refractivity contribution in [1.29, 1.82) is 0 Å². The molecule has 0 spiro atoms. The Morgan fingerprint density at radius 1 is 1.44 bits per heavy atom. The predicted octanol–water partition coefficient (Wildman–Crippen LogP) is 0.439. The smallest absolute Gasteiger partial charge is 0.137 e. The van der Waals surface area contributed by atoms with Gasteiger partial charge in [0.15, 0.2) is 0 Å². The Hall–Kier alpha value is -0.450. The summed E-state index contributed by atoms with van der Waals surface area (Å²) >= 11 is 0. The third kappa shape index (κ3) is 2.81. The molecule has 1 aliphatic carbocycles. The molecular formula is C12H21NO3. The zero-order valence-electron chi connectivity index (χ0n) is 9.73. The second-order valence-electron chi connectivity index (χ2n) is 4.82. The third-order valence-corrected chi connectivity index (χ3v) is 3.70. The van der Waals surface area contributed by atoms with Crippen molar-refractivity contribution in [3.05, 3.63) is 0 Å². The molecule has 2 atom stereocenters. The summed E-state index contributed by atoms with van der Waals surface area (Å²) in [5.41, 5.74) is 0. The van der Waals surface area contributed by atoms with Gasteiger partial charge in [0.1, 0.15) is 5.78 Å². The molecule has 0 aromatic heterocycles. The lowest BCUT2D eigenvalue weighted by Crippen LogP contribution is -2.50. The van der Waals surface area contributed by atoms with Crippen molar-refractivity contribution in [3.8, 4) is 0 Å². The minimum Gasteiger partial charge on any atom is -0.395 e. The quantitative estimate of drug-likeness (QED) is 0.760. The molecule has 1 saturated heterocycles. The van der Waals surface area contributed by atoms with Crippen LogP contribution in [0.2, 0.25) is 0 Å². The summed E-state index contributed by atoms with van der Waals surface area (Å²) in [6, 6.07) is 0.0866. The molecule has 4 nitrogen and oxygen atoms in total. The molecule has 0 aromatic carbocycles. The van der Waals surface area contributed by atoms with Gasteiger partial charge in [-0.2, -0.15) is 0 Å². The maximum Gasteiger partial charge on any atom is 0.137 e. The second kappa shape index (κ2) is 5.75. The first-order valence-electron chi connectivity index (χ1n) is 6.26. The van der Waals surface area contributed by atoms with Gasteiger partial charge in [0.05, 0.1) is 25.9 Å². The summed E-state index contributed by atoms with van der Waals surface area (Å²) in [6.45, 7) is 3.10. The summed E-state index contributed by atoms with van der Waals surface area (Å²) in [7, 11) is 0. The molecule has 2 rings (SSSR count). The fraction of sp³-hybridized carbons (Fsp3) is 0.917. The highest BCUT2D eigenvalue weighted by atomic mass is 16.5. The lowest BCUT2D eigenvalue weighted by Gasteiger charge is -2.37. The zero-order valence-corrected chi connectivity index (χ0v) is 9.73. The molecule has 4 heteroatoms. The molecule has 1 aliphatic heterocycles. The van der Waals surface area contributed by atoms with E-state index in [1.165, 1.54) is 6.42 Å². The summed E-state index contributed by atoms with van der Waals surface area (Å²) in [6.07, 6.45) is 4.00. The molecule has 1 heterocycles. The van der Waals surface area contributed by atoms with Crippen molar-refractivity contribution in [2.75, 3.05) is 32.9 Å². The number of ether oxygens (including phenoxy) is 1. The van der Waals surface area contributed by atoms with Crippen molar-refractivity contribution >= 4 is 5.78 Å². The monoisotopic (exact) mass is 227 g/mol. The number of hydrogen-bond donors (Lipinski definition) is 1. The van der Waals surface area contributed by atoms with Crippen LogP contribution >= 0.6 is 0 Å². The van der Waals surface area contributed by atoms with Crippen LogP contribution in [-0.2, 0) is 9.53 Å². The largest absolute Gasteiger partial charge is 0.395 e. The van der Waals surface area contributed by atoms with Crippen molar-refractivity contribution < 1.29 is 14.6 Å². The normalized spacial score (nSPS) is 32.9. The third-order valence-electron chi connectivity index (χ3n) is 3.70. The Kier molecular flexibility index (Phi) is 4.32. The molecular weight excluding hydrogens is 206 g/mol. The van der Waals surface area contributed by atoms with Gasteiger partial charge < -0.3 is 9.84 Å². The molecule has 2 fully saturated rings. The fourth-order valence-corrected chi connectivity index (χ4v) is 2.63. The van der Waals surface area contributed by atoms with Crippen LogP contribution in [0.4, 0.5) is 0 Å². The van der Waals surface area contributed by atoms with Crippen LogP contribution in [0.25, 0.3) is 0 Å². The minimum atomic E-state index is 0.0866. The summed E-state index contributed by atoms with van der Waals surface area (Å²) < 4.78 is 5.33. The number of carbonyl (C=O) groups is 1. The maximum atomic E-state index is 11.7. The first-order valence-corrected chi connectivity index (χ1v) is 6.26. The number of morpholine rings is 1. The molecule has 1 N–H and O–H groups in total. The number of rotatable bonds is 3. The van der Waals surface area contributed by atoms with Crippen molar-refractivity contribution in [2.24, 2.45) is 5.92 Å². The van der Waals surface area contributed by atoms with E-state index in [2.05, 4.69) is 4.90 Å². The molecule has 0 amide bonds. The molecule has 0 bridgehead atoms. The fourth-order valence-electron chi connectivity index (χ4n) is 2.63.